The van der Waals surface area contributed by atoms with E-state index in [1.807, 2.05) is 73.7 Å². The number of hydrogen-bond donors (Lipinski definition) is 1. The van der Waals surface area contributed by atoms with Crippen LogP contribution in [0.4, 0.5) is 5.82 Å². The number of pyridine rings is 1. The lowest BCUT2D eigenvalue weighted by Crippen LogP contribution is -2.04. The lowest BCUT2D eigenvalue weighted by atomic mass is 9.90. The fraction of sp³-hybridized carbons (Fsp3) is 0.0968. The van der Waals surface area contributed by atoms with Gasteiger partial charge in [0.05, 0.1) is 7.11 Å². The van der Waals surface area contributed by atoms with Crippen molar-refractivity contribution in [3.63, 3.8) is 0 Å². The summed E-state index contributed by atoms with van der Waals surface area (Å²) in [6.07, 6.45) is 0. The predicted octanol–water partition coefficient (Wildman–Crippen LogP) is 6.92. The average Bonchev–Trinajstić information content (AvgIpc) is 2.92. The standard InChI is InChI=1S/C31H25N3O2/c1-20-29(22-10-4-3-5-11-22)30(26(18-32)31(33)34-20)23-15-16-27(28(17-23)35-2)36-19-24-13-8-12-21-9-6-7-14-25(21)24/h3-17H,19H2,1-2H3,(H2,33,34). The van der Waals surface area contributed by atoms with Gasteiger partial charge < -0.3 is 15.2 Å². The van der Waals surface area contributed by atoms with Crippen molar-refractivity contribution in [2.75, 3.05) is 12.8 Å². The third-order valence-electron chi connectivity index (χ3n) is 6.30. The second-order valence-corrected chi connectivity index (χ2v) is 8.48. The normalized spacial score (nSPS) is 10.7. The molecule has 5 heteroatoms. The monoisotopic (exact) mass is 471 g/mol. The molecule has 0 aliphatic rings. The number of methoxy groups -OCH3 is 1. The summed E-state index contributed by atoms with van der Waals surface area (Å²) in [5.74, 6) is 1.40. The van der Waals surface area contributed by atoms with Crippen LogP contribution in [0.15, 0.2) is 91.0 Å². The Morgan fingerprint density at radius 2 is 1.58 bits per heavy atom. The molecule has 0 atom stereocenters. The van der Waals surface area contributed by atoms with Crippen LogP contribution >= 0.6 is 0 Å². The van der Waals surface area contributed by atoms with Crippen molar-refractivity contribution in [2.45, 2.75) is 13.5 Å². The van der Waals surface area contributed by atoms with E-state index in [4.69, 9.17) is 15.2 Å². The van der Waals surface area contributed by atoms with Gasteiger partial charge in [-0.1, -0.05) is 78.9 Å². The van der Waals surface area contributed by atoms with Gasteiger partial charge in [0, 0.05) is 16.8 Å². The topological polar surface area (TPSA) is 81.2 Å². The molecule has 0 radical (unpaired) electrons. The van der Waals surface area contributed by atoms with Crippen LogP contribution < -0.4 is 15.2 Å². The van der Waals surface area contributed by atoms with Crippen molar-refractivity contribution in [1.29, 1.82) is 5.26 Å². The maximum absolute atomic E-state index is 9.97. The number of nitrogens with two attached hydrogens (primary N) is 1. The van der Waals surface area contributed by atoms with Crippen LogP contribution in [0, 0.1) is 18.3 Å². The number of aryl methyl sites for hydroxylation is 1. The molecule has 0 saturated heterocycles. The summed E-state index contributed by atoms with van der Waals surface area (Å²) in [7, 11) is 1.61. The maximum atomic E-state index is 9.97. The van der Waals surface area contributed by atoms with Gasteiger partial charge in [-0.05, 0) is 46.5 Å². The molecule has 36 heavy (non-hydrogen) atoms. The fourth-order valence-electron chi connectivity index (χ4n) is 4.60. The second kappa shape index (κ2) is 9.81. The minimum absolute atomic E-state index is 0.208. The van der Waals surface area contributed by atoms with Gasteiger partial charge in [0.2, 0.25) is 0 Å². The Hall–Kier alpha value is -4.82. The molecule has 5 nitrogen and oxygen atoms in total. The van der Waals surface area contributed by atoms with E-state index in [0.717, 1.165) is 38.9 Å². The summed E-state index contributed by atoms with van der Waals surface area (Å²) >= 11 is 0. The lowest BCUT2D eigenvalue weighted by Gasteiger charge is -2.18. The van der Waals surface area contributed by atoms with Crippen molar-refractivity contribution < 1.29 is 9.47 Å². The van der Waals surface area contributed by atoms with Crippen LogP contribution in [-0.2, 0) is 6.61 Å². The third-order valence-corrected chi connectivity index (χ3v) is 6.30. The molecule has 0 aliphatic heterocycles. The van der Waals surface area contributed by atoms with E-state index < -0.39 is 0 Å². The van der Waals surface area contributed by atoms with Gasteiger partial charge in [0.25, 0.3) is 0 Å². The van der Waals surface area contributed by atoms with Gasteiger partial charge in [0.15, 0.2) is 11.5 Å². The molecule has 176 valence electrons. The van der Waals surface area contributed by atoms with Crippen LogP contribution in [0.3, 0.4) is 0 Å². The summed E-state index contributed by atoms with van der Waals surface area (Å²) in [5, 5.41) is 12.3. The molecule has 1 heterocycles. The number of nitriles is 1. The zero-order valence-electron chi connectivity index (χ0n) is 20.2. The molecule has 0 saturated carbocycles. The molecule has 2 N–H and O–H groups in total. The molecule has 4 aromatic carbocycles. The predicted molar refractivity (Wildman–Crippen MR) is 144 cm³/mol. The first kappa shape index (κ1) is 22.9. The summed E-state index contributed by atoms with van der Waals surface area (Å²) < 4.78 is 11.9. The summed E-state index contributed by atoms with van der Waals surface area (Å²) in [6, 6.07) is 32.3. The van der Waals surface area contributed by atoms with Gasteiger partial charge in [-0.25, -0.2) is 4.98 Å². The highest BCUT2D eigenvalue weighted by atomic mass is 16.5. The van der Waals surface area contributed by atoms with Gasteiger partial charge in [-0.15, -0.1) is 0 Å². The first-order chi connectivity index (χ1) is 17.6. The van der Waals surface area contributed by atoms with Crippen LogP contribution in [0.25, 0.3) is 33.0 Å². The summed E-state index contributed by atoms with van der Waals surface area (Å²) in [6.45, 7) is 2.30. The molecular weight excluding hydrogens is 446 g/mol. The first-order valence-corrected chi connectivity index (χ1v) is 11.6. The molecule has 1 aromatic heterocycles. The second-order valence-electron chi connectivity index (χ2n) is 8.48. The van der Waals surface area contributed by atoms with Crippen molar-refractivity contribution in [3.05, 3.63) is 108 Å². The first-order valence-electron chi connectivity index (χ1n) is 11.6. The van der Waals surface area contributed by atoms with E-state index in [1.165, 1.54) is 5.39 Å². The van der Waals surface area contributed by atoms with Crippen molar-refractivity contribution >= 4 is 16.6 Å². The van der Waals surface area contributed by atoms with E-state index in [1.54, 1.807) is 7.11 Å². The molecule has 5 aromatic rings. The number of ether oxygens (including phenoxy) is 2. The third kappa shape index (κ3) is 4.21. The molecule has 0 bridgehead atoms. The number of aromatic nitrogens is 1. The Labute approximate surface area is 210 Å². The highest BCUT2D eigenvalue weighted by Gasteiger charge is 2.21. The number of rotatable bonds is 6. The van der Waals surface area contributed by atoms with Crippen LogP contribution in [0.5, 0.6) is 11.5 Å². The summed E-state index contributed by atoms with van der Waals surface area (Å²) in [5.41, 5.74) is 11.7. The highest BCUT2D eigenvalue weighted by Crippen LogP contribution is 2.41. The number of nitrogen functional groups attached to an aromatic ring is 1. The Kier molecular flexibility index (Phi) is 6.25. The van der Waals surface area contributed by atoms with Crippen molar-refractivity contribution in [3.8, 4) is 39.8 Å². The van der Waals surface area contributed by atoms with Gasteiger partial charge in [-0.2, -0.15) is 5.26 Å². The minimum atomic E-state index is 0.208. The van der Waals surface area contributed by atoms with E-state index in [2.05, 4.69) is 35.3 Å². The molecule has 5 rings (SSSR count). The van der Waals surface area contributed by atoms with E-state index in [0.29, 0.717) is 23.7 Å². The molecule has 0 unspecified atom stereocenters. The largest absolute Gasteiger partial charge is 0.493 e. The number of hydrogen-bond acceptors (Lipinski definition) is 5. The molecule has 0 aliphatic carbocycles. The zero-order valence-corrected chi connectivity index (χ0v) is 20.2. The van der Waals surface area contributed by atoms with Gasteiger partial charge in [0.1, 0.15) is 24.1 Å². The molecular formula is C31H25N3O2. The van der Waals surface area contributed by atoms with E-state index in [9.17, 15) is 5.26 Å². The van der Waals surface area contributed by atoms with E-state index >= 15 is 0 Å². The molecule has 0 fully saturated rings. The SMILES string of the molecule is COc1cc(-c2c(C#N)c(N)nc(C)c2-c2ccccc2)ccc1OCc1cccc2ccccc12. The number of nitrogens with zero attached hydrogens (tertiary/aromatic N) is 2. The number of anilines is 1. The Bertz CT molecular complexity index is 1600. The smallest absolute Gasteiger partial charge is 0.161 e. The Morgan fingerprint density at radius 3 is 2.36 bits per heavy atom. The van der Waals surface area contributed by atoms with Crippen LogP contribution in [-0.4, -0.2) is 12.1 Å². The quantitative estimate of drug-likeness (QED) is 0.291. The van der Waals surface area contributed by atoms with Crippen molar-refractivity contribution in [2.24, 2.45) is 0 Å². The number of benzene rings is 4. The average molecular weight is 472 g/mol. The number of fused-ring (bicyclic) bond motifs is 1. The minimum Gasteiger partial charge on any atom is -0.493 e. The zero-order chi connectivity index (χ0) is 25.1. The van der Waals surface area contributed by atoms with Crippen LogP contribution in [0.2, 0.25) is 0 Å². The van der Waals surface area contributed by atoms with Crippen LogP contribution in [0.1, 0.15) is 16.8 Å². The Morgan fingerprint density at radius 1 is 0.833 bits per heavy atom. The van der Waals surface area contributed by atoms with Crippen molar-refractivity contribution in [1.82, 2.24) is 4.98 Å². The summed E-state index contributed by atoms with van der Waals surface area (Å²) in [4.78, 5) is 4.45. The molecule has 0 spiro atoms. The molecule has 0 amide bonds. The Balaban J connectivity index is 1.57. The maximum Gasteiger partial charge on any atom is 0.161 e. The van der Waals surface area contributed by atoms with E-state index in [-0.39, 0.29) is 5.82 Å². The lowest BCUT2D eigenvalue weighted by molar-refractivity contribution is 0.286. The van der Waals surface area contributed by atoms with Gasteiger partial charge in [-0.3, -0.25) is 0 Å². The highest BCUT2D eigenvalue weighted by molar-refractivity contribution is 5.91. The van der Waals surface area contributed by atoms with Gasteiger partial charge >= 0.3 is 0 Å². The fourth-order valence-corrected chi connectivity index (χ4v) is 4.60.